The number of halogens is 1. The second-order valence-corrected chi connectivity index (χ2v) is 12.1. The standard InChI is InChI=1S/C37H41ClN2O2/c1-26-5-11-31(12-6-26)28(3)33-15-18-36(35(23-33)29(4)32-13-7-27(2)8-14-32)42-25-37(41)40-21-19-39(20-22-40)24-30-9-16-34(38)17-10-30/h5-18,23,28-29H,19-22,24-25H2,1-4H3. The molecule has 0 bridgehead atoms. The Hall–Kier alpha value is -3.60. The number of hydrogen-bond acceptors (Lipinski definition) is 3. The molecule has 5 rings (SSSR count). The normalized spacial score (nSPS) is 15.3. The molecule has 0 radical (unpaired) electrons. The molecule has 2 unspecified atom stereocenters. The number of ether oxygens (including phenoxy) is 1. The molecule has 42 heavy (non-hydrogen) atoms. The summed E-state index contributed by atoms with van der Waals surface area (Å²) in [6, 6.07) is 31.9. The summed E-state index contributed by atoms with van der Waals surface area (Å²) in [5.41, 5.74) is 8.60. The van der Waals surface area contributed by atoms with Crippen LogP contribution in [-0.4, -0.2) is 48.5 Å². The van der Waals surface area contributed by atoms with Crippen LogP contribution in [0, 0.1) is 13.8 Å². The summed E-state index contributed by atoms with van der Waals surface area (Å²) in [5, 5.41) is 0.751. The maximum absolute atomic E-state index is 13.2. The molecule has 0 N–H and O–H groups in total. The molecule has 4 aromatic rings. The lowest BCUT2D eigenvalue weighted by atomic mass is 9.86. The summed E-state index contributed by atoms with van der Waals surface area (Å²) in [5.74, 6) is 1.18. The quantitative estimate of drug-likeness (QED) is 0.201. The van der Waals surface area contributed by atoms with Crippen molar-refractivity contribution in [1.29, 1.82) is 0 Å². The van der Waals surface area contributed by atoms with E-state index in [0.29, 0.717) is 13.1 Å². The Bertz CT molecular complexity index is 1470. The predicted octanol–water partition coefficient (Wildman–Crippen LogP) is 7.98. The SMILES string of the molecule is Cc1ccc(C(C)c2ccc(OCC(=O)N3CCN(Cc4ccc(Cl)cc4)CC3)c(C(C)c3ccc(C)cc3)c2)cc1. The summed E-state index contributed by atoms with van der Waals surface area (Å²) >= 11 is 6.03. The molecule has 1 aliphatic rings. The average molecular weight is 581 g/mol. The van der Waals surface area contributed by atoms with Gasteiger partial charge in [0.1, 0.15) is 5.75 Å². The lowest BCUT2D eigenvalue weighted by molar-refractivity contribution is -0.135. The van der Waals surface area contributed by atoms with Gasteiger partial charge in [-0.05, 0) is 54.3 Å². The number of amides is 1. The Balaban J connectivity index is 1.27. The van der Waals surface area contributed by atoms with Gasteiger partial charge in [0, 0.05) is 55.1 Å². The monoisotopic (exact) mass is 580 g/mol. The number of carbonyl (C=O) groups excluding carboxylic acids is 1. The van der Waals surface area contributed by atoms with Crippen LogP contribution in [0.2, 0.25) is 5.02 Å². The van der Waals surface area contributed by atoms with Gasteiger partial charge in [0.15, 0.2) is 6.61 Å². The van der Waals surface area contributed by atoms with E-state index in [1.165, 1.54) is 33.4 Å². The van der Waals surface area contributed by atoms with Crippen molar-refractivity contribution in [2.75, 3.05) is 32.8 Å². The van der Waals surface area contributed by atoms with E-state index in [4.69, 9.17) is 16.3 Å². The lowest BCUT2D eigenvalue weighted by Crippen LogP contribution is -2.49. The van der Waals surface area contributed by atoms with E-state index in [1.54, 1.807) is 0 Å². The number of aryl methyl sites for hydroxylation is 2. The zero-order valence-corrected chi connectivity index (χ0v) is 25.9. The Kier molecular flexibility index (Phi) is 9.66. The van der Waals surface area contributed by atoms with E-state index < -0.39 is 0 Å². The maximum Gasteiger partial charge on any atom is 0.260 e. The van der Waals surface area contributed by atoms with Gasteiger partial charge < -0.3 is 9.64 Å². The number of rotatable bonds is 9. The molecule has 0 saturated carbocycles. The molecule has 0 aliphatic carbocycles. The van der Waals surface area contributed by atoms with Crippen molar-refractivity contribution in [1.82, 2.24) is 9.80 Å². The fraction of sp³-hybridized carbons (Fsp3) is 0.324. The molecular weight excluding hydrogens is 540 g/mol. The molecule has 4 aromatic carbocycles. The first-order chi connectivity index (χ1) is 20.3. The van der Waals surface area contributed by atoms with Gasteiger partial charge in [-0.1, -0.05) is 109 Å². The van der Waals surface area contributed by atoms with Crippen LogP contribution in [0.5, 0.6) is 5.75 Å². The summed E-state index contributed by atoms with van der Waals surface area (Å²) in [6.07, 6.45) is 0. The molecule has 4 nitrogen and oxygen atoms in total. The van der Waals surface area contributed by atoms with Crippen molar-refractivity contribution < 1.29 is 9.53 Å². The highest BCUT2D eigenvalue weighted by atomic mass is 35.5. The summed E-state index contributed by atoms with van der Waals surface area (Å²) in [6.45, 7) is 12.7. The van der Waals surface area contributed by atoms with Crippen LogP contribution in [0.15, 0.2) is 91.0 Å². The molecule has 2 atom stereocenters. The Labute approximate surface area is 255 Å². The van der Waals surface area contributed by atoms with Gasteiger partial charge in [-0.2, -0.15) is 0 Å². The third kappa shape index (κ3) is 7.42. The molecule has 1 aliphatic heterocycles. The third-order valence-corrected chi connectivity index (χ3v) is 8.80. The molecule has 1 saturated heterocycles. The fourth-order valence-electron chi connectivity index (χ4n) is 5.62. The van der Waals surface area contributed by atoms with E-state index in [2.05, 4.69) is 111 Å². The van der Waals surface area contributed by atoms with Crippen molar-refractivity contribution in [2.24, 2.45) is 0 Å². The molecule has 0 spiro atoms. The van der Waals surface area contributed by atoms with E-state index in [9.17, 15) is 4.79 Å². The number of carbonyl (C=O) groups is 1. The smallest absolute Gasteiger partial charge is 0.260 e. The van der Waals surface area contributed by atoms with E-state index >= 15 is 0 Å². The molecule has 0 aromatic heterocycles. The topological polar surface area (TPSA) is 32.8 Å². The maximum atomic E-state index is 13.2. The van der Waals surface area contributed by atoms with Gasteiger partial charge >= 0.3 is 0 Å². The molecule has 218 valence electrons. The molecule has 1 amide bonds. The van der Waals surface area contributed by atoms with Crippen molar-refractivity contribution in [2.45, 2.75) is 46.1 Å². The predicted molar refractivity (Wildman–Crippen MR) is 173 cm³/mol. The number of hydrogen-bond donors (Lipinski definition) is 0. The van der Waals surface area contributed by atoms with Crippen LogP contribution >= 0.6 is 11.6 Å². The van der Waals surface area contributed by atoms with Gasteiger partial charge in [0.05, 0.1) is 0 Å². The lowest BCUT2D eigenvalue weighted by Gasteiger charge is -2.34. The van der Waals surface area contributed by atoms with Crippen LogP contribution < -0.4 is 4.74 Å². The highest BCUT2D eigenvalue weighted by molar-refractivity contribution is 6.30. The fourth-order valence-corrected chi connectivity index (χ4v) is 5.75. The summed E-state index contributed by atoms with van der Waals surface area (Å²) in [4.78, 5) is 17.5. The van der Waals surface area contributed by atoms with Gasteiger partial charge in [-0.15, -0.1) is 0 Å². The Morgan fingerprint density at radius 3 is 1.88 bits per heavy atom. The van der Waals surface area contributed by atoms with Gasteiger partial charge in [-0.3, -0.25) is 9.69 Å². The summed E-state index contributed by atoms with van der Waals surface area (Å²) < 4.78 is 6.29. The third-order valence-electron chi connectivity index (χ3n) is 8.55. The van der Waals surface area contributed by atoms with E-state index in [0.717, 1.165) is 36.0 Å². The largest absolute Gasteiger partial charge is 0.483 e. The van der Waals surface area contributed by atoms with Crippen LogP contribution in [0.1, 0.15) is 64.6 Å². The first-order valence-electron chi connectivity index (χ1n) is 14.9. The number of nitrogens with zero attached hydrogens (tertiary/aromatic N) is 2. The number of piperazine rings is 1. The van der Waals surface area contributed by atoms with Gasteiger partial charge in [0.2, 0.25) is 0 Å². The highest BCUT2D eigenvalue weighted by Crippen LogP contribution is 2.36. The Morgan fingerprint density at radius 2 is 1.29 bits per heavy atom. The van der Waals surface area contributed by atoms with Crippen LogP contribution in [-0.2, 0) is 11.3 Å². The Morgan fingerprint density at radius 1 is 0.738 bits per heavy atom. The van der Waals surface area contributed by atoms with Gasteiger partial charge in [-0.25, -0.2) is 0 Å². The van der Waals surface area contributed by atoms with Crippen molar-refractivity contribution >= 4 is 17.5 Å². The second kappa shape index (κ2) is 13.6. The molecular formula is C37H41ClN2O2. The minimum Gasteiger partial charge on any atom is -0.483 e. The highest BCUT2D eigenvalue weighted by Gasteiger charge is 2.23. The van der Waals surface area contributed by atoms with E-state index in [-0.39, 0.29) is 24.3 Å². The first kappa shape index (κ1) is 29.9. The van der Waals surface area contributed by atoms with Crippen molar-refractivity contribution in [3.05, 3.63) is 135 Å². The van der Waals surface area contributed by atoms with Gasteiger partial charge in [0.25, 0.3) is 5.91 Å². The molecule has 5 heteroatoms. The minimum absolute atomic E-state index is 0.0344. The first-order valence-corrected chi connectivity index (χ1v) is 15.3. The average Bonchev–Trinajstić information content (AvgIpc) is 3.01. The molecule has 1 heterocycles. The van der Waals surface area contributed by atoms with Crippen LogP contribution in [0.25, 0.3) is 0 Å². The van der Waals surface area contributed by atoms with E-state index in [1.807, 2.05) is 17.0 Å². The van der Waals surface area contributed by atoms with Crippen LogP contribution in [0.4, 0.5) is 0 Å². The number of benzene rings is 4. The summed E-state index contributed by atoms with van der Waals surface area (Å²) in [7, 11) is 0. The van der Waals surface area contributed by atoms with Crippen LogP contribution in [0.3, 0.4) is 0 Å². The zero-order valence-electron chi connectivity index (χ0n) is 25.1. The molecule has 1 fully saturated rings. The second-order valence-electron chi connectivity index (χ2n) is 11.6. The minimum atomic E-state index is 0.0344. The van der Waals surface area contributed by atoms with Crippen molar-refractivity contribution in [3.63, 3.8) is 0 Å². The zero-order chi connectivity index (χ0) is 29.6. The van der Waals surface area contributed by atoms with Crippen molar-refractivity contribution in [3.8, 4) is 5.75 Å².